The molecule has 0 bridgehead atoms. The number of benzene rings is 4. The lowest BCUT2D eigenvalue weighted by Gasteiger charge is -2.11. The highest BCUT2D eigenvalue weighted by atomic mass is 79.9. The second-order valence-electron chi connectivity index (χ2n) is 7.59. The van der Waals surface area contributed by atoms with Crippen LogP contribution in [0, 0.1) is 11.3 Å². The third-order valence-electron chi connectivity index (χ3n) is 5.30. The van der Waals surface area contributed by atoms with Crippen molar-refractivity contribution >= 4 is 50.3 Å². The number of hydrogen-bond donors (Lipinski definition) is 2. The number of amides is 1. The van der Waals surface area contributed by atoms with E-state index in [-0.39, 0.29) is 16.8 Å². The lowest BCUT2D eigenvalue weighted by molar-refractivity contribution is -0.112. The highest BCUT2D eigenvalue weighted by Crippen LogP contribution is 2.29. The largest absolute Gasteiger partial charge is 0.488 e. The van der Waals surface area contributed by atoms with Crippen LogP contribution in [0.3, 0.4) is 0 Å². The average molecular weight is 527 g/mol. The van der Waals surface area contributed by atoms with Crippen LogP contribution < -0.4 is 10.1 Å². The number of hydrogen-bond acceptors (Lipinski definition) is 4. The molecule has 0 saturated heterocycles. The van der Waals surface area contributed by atoms with Gasteiger partial charge < -0.3 is 15.2 Å². The minimum absolute atomic E-state index is 0.0615. The van der Waals surface area contributed by atoms with Gasteiger partial charge in [0.1, 0.15) is 24.0 Å². The van der Waals surface area contributed by atoms with Crippen LogP contribution in [0.1, 0.15) is 21.5 Å². The molecule has 2 N–H and O–H groups in total. The molecule has 0 aliphatic carbocycles. The van der Waals surface area contributed by atoms with Gasteiger partial charge in [-0.1, -0.05) is 60.7 Å². The Morgan fingerprint density at radius 3 is 2.51 bits per heavy atom. The predicted octanol–water partition coefficient (Wildman–Crippen LogP) is 6.43. The molecule has 4 aromatic carbocycles. The number of para-hydroxylation sites is 1. The van der Waals surface area contributed by atoms with Crippen LogP contribution in [-0.4, -0.2) is 17.0 Å². The first kappa shape index (κ1) is 23.7. The van der Waals surface area contributed by atoms with Crippen molar-refractivity contribution in [2.75, 3.05) is 5.32 Å². The van der Waals surface area contributed by atoms with Crippen molar-refractivity contribution in [2.24, 2.45) is 0 Å². The van der Waals surface area contributed by atoms with Gasteiger partial charge in [0, 0.05) is 0 Å². The van der Waals surface area contributed by atoms with Crippen molar-refractivity contribution in [3.8, 4) is 11.8 Å². The SMILES string of the molecule is N#C/C(=C\c1ccc(OCc2cccc3ccccc23)c(Br)c1)C(=O)Nc1ccccc1C(=O)O. The Morgan fingerprint density at radius 2 is 1.74 bits per heavy atom. The molecule has 6 nitrogen and oxygen atoms in total. The highest BCUT2D eigenvalue weighted by Gasteiger charge is 2.15. The Bertz CT molecular complexity index is 1500. The van der Waals surface area contributed by atoms with Gasteiger partial charge in [-0.3, -0.25) is 4.79 Å². The fourth-order valence-electron chi connectivity index (χ4n) is 3.58. The van der Waals surface area contributed by atoms with Crippen molar-refractivity contribution < 1.29 is 19.4 Å². The zero-order chi connectivity index (χ0) is 24.8. The van der Waals surface area contributed by atoms with Crippen molar-refractivity contribution in [3.63, 3.8) is 0 Å². The summed E-state index contributed by atoms with van der Waals surface area (Å²) in [4.78, 5) is 24.0. The number of nitrogens with zero attached hydrogens (tertiary/aromatic N) is 1. The smallest absolute Gasteiger partial charge is 0.337 e. The van der Waals surface area contributed by atoms with Gasteiger partial charge in [0.2, 0.25) is 0 Å². The van der Waals surface area contributed by atoms with E-state index >= 15 is 0 Å². The Kier molecular flexibility index (Phi) is 7.24. The molecular formula is C28H19BrN2O4. The van der Waals surface area contributed by atoms with Crippen LogP contribution in [0.4, 0.5) is 5.69 Å². The maximum Gasteiger partial charge on any atom is 0.337 e. The van der Waals surface area contributed by atoms with Gasteiger partial charge in [0.25, 0.3) is 5.91 Å². The van der Waals surface area contributed by atoms with E-state index in [0.717, 1.165) is 16.3 Å². The number of fused-ring (bicyclic) bond motifs is 1. The van der Waals surface area contributed by atoms with Crippen molar-refractivity contribution in [3.05, 3.63) is 112 Å². The van der Waals surface area contributed by atoms with Crippen LogP contribution in [0.2, 0.25) is 0 Å². The molecule has 0 fully saturated rings. The van der Waals surface area contributed by atoms with E-state index < -0.39 is 11.9 Å². The number of nitrogens with one attached hydrogen (secondary N) is 1. The summed E-state index contributed by atoms with van der Waals surface area (Å²) >= 11 is 3.50. The van der Waals surface area contributed by atoms with Gasteiger partial charge in [0.05, 0.1) is 15.7 Å². The van der Waals surface area contributed by atoms with Crippen LogP contribution in [-0.2, 0) is 11.4 Å². The summed E-state index contributed by atoms with van der Waals surface area (Å²) in [7, 11) is 0. The van der Waals surface area contributed by atoms with Crippen molar-refractivity contribution in [1.82, 2.24) is 0 Å². The molecule has 7 heteroatoms. The summed E-state index contributed by atoms with van der Waals surface area (Å²) in [6.45, 7) is 0.379. The number of carbonyl (C=O) groups is 2. The van der Waals surface area contributed by atoms with Crippen molar-refractivity contribution in [1.29, 1.82) is 5.26 Å². The average Bonchev–Trinajstić information content (AvgIpc) is 2.87. The van der Waals surface area contributed by atoms with E-state index in [1.165, 1.54) is 18.2 Å². The standard InChI is InChI=1S/C28H19BrN2O4/c29-24-15-18(14-21(16-30)27(32)31-25-11-4-3-10-23(25)28(33)34)12-13-26(24)35-17-20-8-5-7-19-6-1-2-9-22(19)20/h1-15H,17H2,(H,31,32)(H,33,34)/b21-14+. The second kappa shape index (κ2) is 10.7. The summed E-state index contributed by atoms with van der Waals surface area (Å²) in [5, 5.41) is 23.6. The Hall–Kier alpha value is -4.41. The molecule has 1 amide bonds. The van der Waals surface area contributed by atoms with Gasteiger partial charge in [-0.15, -0.1) is 0 Å². The van der Waals surface area contributed by atoms with E-state index in [9.17, 15) is 20.0 Å². The molecule has 0 radical (unpaired) electrons. The van der Waals surface area contributed by atoms with Crippen LogP contribution in [0.15, 0.2) is 95.0 Å². The zero-order valence-electron chi connectivity index (χ0n) is 18.4. The number of ether oxygens (including phenoxy) is 1. The molecule has 0 heterocycles. The third kappa shape index (κ3) is 5.57. The fourth-order valence-corrected chi connectivity index (χ4v) is 4.09. The molecule has 0 atom stereocenters. The number of rotatable bonds is 7. The molecule has 0 saturated carbocycles. The van der Waals surface area contributed by atoms with E-state index in [2.05, 4.69) is 39.4 Å². The van der Waals surface area contributed by atoms with E-state index in [4.69, 9.17) is 4.74 Å². The van der Waals surface area contributed by atoms with Crippen LogP contribution in [0.25, 0.3) is 16.8 Å². The van der Waals surface area contributed by atoms with Crippen LogP contribution >= 0.6 is 15.9 Å². The molecule has 0 aliphatic rings. The molecule has 172 valence electrons. The number of halogens is 1. The maximum atomic E-state index is 12.6. The molecule has 4 rings (SSSR count). The summed E-state index contributed by atoms with van der Waals surface area (Å²) in [6.07, 6.45) is 1.43. The van der Waals surface area contributed by atoms with Gasteiger partial charge in [-0.05, 0) is 68.2 Å². The Morgan fingerprint density at radius 1 is 1.00 bits per heavy atom. The van der Waals surface area contributed by atoms with Crippen molar-refractivity contribution in [2.45, 2.75) is 6.61 Å². The Labute approximate surface area is 210 Å². The molecule has 0 aliphatic heterocycles. The molecule has 0 spiro atoms. The number of carboxylic acid groups (broad SMARTS) is 1. The topological polar surface area (TPSA) is 99.4 Å². The molecule has 0 aromatic heterocycles. The normalized spacial score (nSPS) is 11.0. The number of carboxylic acids is 1. The number of anilines is 1. The second-order valence-corrected chi connectivity index (χ2v) is 8.45. The molecular weight excluding hydrogens is 508 g/mol. The number of nitriles is 1. The minimum Gasteiger partial charge on any atom is -0.488 e. The quantitative estimate of drug-likeness (QED) is 0.213. The van der Waals surface area contributed by atoms with Gasteiger partial charge >= 0.3 is 5.97 Å². The fraction of sp³-hybridized carbons (Fsp3) is 0.0357. The first-order valence-corrected chi connectivity index (χ1v) is 11.4. The summed E-state index contributed by atoms with van der Waals surface area (Å²) in [6, 6.07) is 27.3. The van der Waals surface area contributed by atoms with Gasteiger partial charge in [-0.25, -0.2) is 4.79 Å². The number of aromatic carboxylic acids is 1. The molecule has 0 unspecified atom stereocenters. The van der Waals surface area contributed by atoms with Crippen LogP contribution in [0.5, 0.6) is 5.75 Å². The van der Waals surface area contributed by atoms with E-state index in [1.54, 1.807) is 30.3 Å². The lowest BCUT2D eigenvalue weighted by Crippen LogP contribution is -2.16. The number of carbonyl (C=O) groups excluding carboxylic acids is 1. The molecule has 4 aromatic rings. The predicted molar refractivity (Wildman–Crippen MR) is 138 cm³/mol. The zero-order valence-corrected chi connectivity index (χ0v) is 20.0. The van der Waals surface area contributed by atoms with Gasteiger partial charge in [-0.2, -0.15) is 5.26 Å². The first-order valence-electron chi connectivity index (χ1n) is 10.6. The monoisotopic (exact) mass is 526 g/mol. The first-order chi connectivity index (χ1) is 17.0. The van der Waals surface area contributed by atoms with E-state index in [1.807, 2.05) is 30.3 Å². The lowest BCUT2D eigenvalue weighted by atomic mass is 10.1. The maximum absolute atomic E-state index is 12.6. The minimum atomic E-state index is -1.17. The summed E-state index contributed by atoms with van der Waals surface area (Å²) < 4.78 is 6.68. The third-order valence-corrected chi connectivity index (χ3v) is 5.92. The van der Waals surface area contributed by atoms with Gasteiger partial charge in [0.15, 0.2) is 0 Å². The summed E-state index contributed by atoms with van der Waals surface area (Å²) in [5.41, 5.74) is 1.55. The molecule has 35 heavy (non-hydrogen) atoms. The Balaban J connectivity index is 1.50. The summed E-state index contributed by atoms with van der Waals surface area (Å²) in [5.74, 6) is -1.26. The highest BCUT2D eigenvalue weighted by molar-refractivity contribution is 9.10. The van der Waals surface area contributed by atoms with E-state index in [0.29, 0.717) is 22.4 Å².